The number of nitrogens with zero attached hydrogens (tertiary/aromatic N) is 4. The fourth-order valence-electron chi connectivity index (χ4n) is 1.75. The first kappa shape index (κ1) is 11.2. The summed E-state index contributed by atoms with van der Waals surface area (Å²) >= 11 is 0. The number of H-pyrrole nitrogens is 1. The van der Waals surface area contributed by atoms with E-state index in [9.17, 15) is 4.79 Å². The van der Waals surface area contributed by atoms with E-state index in [1.807, 2.05) is 24.3 Å². The van der Waals surface area contributed by atoms with Gasteiger partial charge >= 0.3 is 0 Å². The normalized spacial score (nSPS) is 10.7. The second kappa shape index (κ2) is 4.41. The van der Waals surface area contributed by atoms with Crippen LogP contribution in [0.25, 0.3) is 10.9 Å². The maximum Gasteiger partial charge on any atom is 0.249 e. The average molecular weight is 257 g/mol. The Kier molecular flexibility index (Phi) is 2.60. The van der Waals surface area contributed by atoms with E-state index in [1.165, 1.54) is 11.0 Å². The molecule has 0 saturated heterocycles. The van der Waals surface area contributed by atoms with E-state index in [2.05, 4.69) is 25.7 Å². The highest BCUT2D eigenvalue weighted by molar-refractivity contribution is 5.99. The third-order valence-corrected chi connectivity index (χ3v) is 2.57. The van der Waals surface area contributed by atoms with E-state index in [0.29, 0.717) is 5.82 Å². The molecule has 0 fully saturated rings. The standard InChI is InChI=1S/C11H11N7O/c12-9-5-13-18(17-9)6-10(19)14-11-7-3-1-2-4-8(7)15-16-11/h1-5H,6H2,(H2,12,17)(H2,14,15,16,19). The number of aromatic amines is 1. The first-order valence-corrected chi connectivity index (χ1v) is 5.61. The van der Waals surface area contributed by atoms with Gasteiger partial charge in [0.05, 0.1) is 11.7 Å². The van der Waals surface area contributed by atoms with E-state index in [-0.39, 0.29) is 18.3 Å². The Hall–Kier alpha value is -2.90. The second-order valence-corrected chi connectivity index (χ2v) is 3.97. The highest BCUT2D eigenvalue weighted by Gasteiger charge is 2.10. The number of aromatic nitrogens is 5. The number of carbonyl (C=O) groups is 1. The molecule has 8 nitrogen and oxygen atoms in total. The van der Waals surface area contributed by atoms with Crippen LogP contribution in [0, 0.1) is 0 Å². The summed E-state index contributed by atoms with van der Waals surface area (Å²) in [4.78, 5) is 13.0. The Bertz CT molecular complexity index is 729. The number of para-hydroxylation sites is 1. The summed E-state index contributed by atoms with van der Waals surface area (Å²) in [7, 11) is 0. The lowest BCUT2D eigenvalue weighted by Gasteiger charge is -2.01. The number of nitrogens with one attached hydrogen (secondary N) is 2. The largest absolute Gasteiger partial charge is 0.381 e. The van der Waals surface area contributed by atoms with E-state index >= 15 is 0 Å². The molecule has 0 saturated carbocycles. The summed E-state index contributed by atoms with van der Waals surface area (Å²) in [5.74, 6) is 0.492. The molecule has 0 spiro atoms. The second-order valence-electron chi connectivity index (χ2n) is 3.97. The molecule has 1 amide bonds. The lowest BCUT2D eigenvalue weighted by Crippen LogP contribution is -2.20. The Morgan fingerprint density at radius 1 is 1.42 bits per heavy atom. The van der Waals surface area contributed by atoms with Crippen LogP contribution in [0.2, 0.25) is 0 Å². The van der Waals surface area contributed by atoms with Crippen LogP contribution in [0.15, 0.2) is 30.5 Å². The van der Waals surface area contributed by atoms with Crippen LogP contribution in [0.3, 0.4) is 0 Å². The summed E-state index contributed by atoms with van der Waals surface area (Å²) in [6, 6.07) is 7.53. The molecule has 0 atom stereocenters. The van der Waals surface area contributed by atoms with Crippen LogP contribution in [-0.2, 0) is 11.3 Å². The van der Waals surface area contributed by atoms with Crippen molar-refractivity contribution in [2.45, 2.75) is 6.54 Å². The molecule has 0 aliphatic carbocycles. The van der Waals surface area contributed by atoms with Gasteiger partial charge in [-0.3, -0.25) is 9.89 Å². The average Bonchev–Trinajstić information content (AvgIpc) is 2.97. The third-order valence-electron chi connectivity index (χ3n) is 2.57. The van der Waals surface area contributed by atoms with Gasteiger partial charge in [-0.15, -0.1) is 5.10 Å². The number of rotatable bonds is 3. The number of benzene rings is 1. The van der Waals surface area contributed by atoms with Crippen molar-refractivity contribution in [3.8, 4) is 0 Å². The number of hydrogen-bond donors (Lipinski definition) is 3. The lowest BCUT2D eigenvalue weighted by molar-refractivity contribution is -0.117. The van der Waals surface area contributed by atoms with Gasteiger partial charge < -0.3 is 11.1 Å². The molecule has 8 heteroatoms. The fourth-order valence-corrected chi connectivity index (χ4v) is 1.75. The predicted octanol–water partition coefficient (Wildman–Crippen LogP) is 0.375. The van der Waals surface area contributed by atoms with Crippen LogP contribution >= 0.6 is 0 Å². The number of fused-ring (bicyclic) bond motifs is 1. The maximum atomic E-state index is 11.8. The highest BCUT2D eigenvalue weighted by Crippen LogP contribution is 2.19. The molecule has 0 radical (unpaired) electrons. The van der Waals surface area contributed by atoms with Gasteiger partial charge in [0, 0.05) is 5.39 Å². The Morgan fingerprint density at radius 2 is 2.26 bits per heavy atom. The molecule has 1 aromatic carbocycles. The lowest BCUT2D eigenvalue weighted by atomic mass is 10.2. The van der Waals surface area contributed by atoms with Crippen molar-refractivity contribution in [1.29, 1.82) is 0 Å². The van der Waals surface area contributed by atoms with Gasteiger partial charge in [-0.1, -0.05) is 12.1 Å². The minimum Gasteiger partial charge on any atom is -0.381 e. The van der Waals surface area contributed by atoms with Crippen molar-refractivity contribution in [2.75, 3.05) is 11.1 Å². The summed E-state index contributed by atoms with van der Waals surface area (Å²) in [6.07, 6.45) is 1.39. The van der Waals surface area contributed by atoms with Crippen molar-refractivity contribution >= 4 is 28.4 Å². The van der Waals surface area contributed by atoms with Crippen LogP contribution in [0.4, 0.5) is 11.6 Å². The van der Waals surface area contributed by atoms with Gasteiger partial charge in [-0.2, -0.15) is 15.0 Å². The topological polar surface area (TPSA) is 115 Å². The molecule has 0 aliphatic rings. The molecular formula is C11H11N7O. The Morgan fingerprint density at radius 3 is 3.05 bits per heavy atom. The van der Waals surface area contributed by atoms with E-state index in [4.69, 9.17) is 5.73 Å². The van der Waals surface area contributed by atoms with Crippen molar-refractivity contribution in [2.24, 2.45) is 0 Å². The molecule has 0 bridgehead atoms. The first-order valence-electron chi connectivity index (χ1n) is 5.61. The van der Waals surface area contributed by atoms with Gasteiger partial charge in [-0.05, 0) is 12.1 Å². The van der Waals surface area contributed by atoms with Crippen molar-refractivity contribution < 1.29 is 4.79 Å². The summed E-state index contributed by atoms with van der Waals surface area (Å²) < 4.78 is 0. The molecule has 0 aliphatic heterocycles. The number of hydrogen-bond acceptors (Lipinski definition) is 5. The zero-order valence-electron chi connectivity index (χ0n) is 9.87. The Labute approximate surface area is 107 Å². The molecule has 0 unspecified atom stereocenters. The summed E-state index contributed by atoms with van der Waals surface area (Å²) in [5, 5.41) is 18.1. The summed E-state index contributed by atoms with van der Waals surface area (Å²) in [5.41, 5.74) is 6.28. The molecule has 96 valence electrons. The van der Waals surface area contributed by atoms with Gasteiger partial charge in [0.15, 0.2) is 11.6 Å². The number of nitrogen functional groups attached to an aromatic ring is 1. The van der Waals surface area contributed by atoms with Crippen LogP contribution in [0.1, 0.15) is 0 Å². The minimum atomic E-state index is -0.271. The van der Waals surface area contributed by atoms with Gasteiger partial charge in [0.2, 0.25) is 5.91 Å². The molecular weight excluding hydrogens is 246 g/mol. The fraction of sp³-hybridized carbons (Fsp3) is 0.0909. The van der Waals surface area contributed by atoms with Gasteiger partial charge in [-0.25, -0.2) is 0 Å². The monoisotopic (exact) mass is 257 g/mol. The molecule has 19 heavy (non-hydrogen) atoms. The van der Waals surface area contributed by atoms with Crippen molar-refractivity contribution in [3.05, 3.63) is 30.5 Å². The zero-order chi connectivity index (χ0) is 13.2. The van der Waals surface area contributed by atoms with Crippen molar-refractivity contribution in [3.63, 3.8) is 0 Å². The summed E-state index contributed by atoms with van der Waals surface area (Å²) in [6.45, 7) is -0.0155. The number of carbonyl (C=O) groups excluding carboxylic acids is 1. The third kappa shape index (κ3) is 2.23. The molecule has 3 aromatic rings. The molecule has 3 rings (SSSR count). The quantitative estimate of drug-likeness (QED) is 0.627. The Balaban J connectivity index is 1.76. The van der Waals surface area contributed by atoms with Crippen LogP contribution < -0.4 is 11.1 Å². The number of anilines is 2. The predicted molar refractivity (Wildman–Crippen MR) is 69.2 cm³/mol. The van der Waals surface area contributed by atoms with E-state index in [0.717, 1.165) is 10.9 Å². The molecule has 4 N–H and O–H groups in total. The smallest absolute Gasteiger partial charge is 0.249 e. The van der Waals surface area contributed by atoms with E-state index < -0.39 is 0 Å². The molecule has 2 aromatic heterocycles. The SMILES string of the molecule is Nc1cnn(CC(=O)Nc2n[nH]c3ccccc23)n1. The first-order chi connectivity index (χ1) is 9.22. The zero-order valence-corrected chi connectivity index (χ0v) is 9.87. The van der Waals surface area contributed by atoms with Crippen molar-refractivity contribution in [1.82, 2.24) is 25.2 Å². The number of nitrogens with two attached hydrogens (primary N) is 1. The molecule has 2 heterocycles. The van der Waals surface area contributed by atoms with Gasteiger partial charge in [0.25, 0.3) is 0 Å². The van der Waals surface area contributed by atoms with Gasteiger partial charge in [0.1, 0.15) is 6.54 Å². The van der Waals surface area contributed by atoms with E-state index in [1.54, 1.807) is 0 Å². The maximum absolute atomic E-state index is 11.8. The minimum absolute atomic E-state index is 0.0155. The number of amides is 1. The van der Waals surface area contributed by atoms with Crippen LogP contribution in [0.5, 0.6) is 0 Å². The highest BCUT2D eigenvalue weighted by atomic mass is 16.2. The van der Waals surface area contributed by atoms with Crippen LogP contribution in [-0.4, -0.2) is 31.1 Å².